The van der Waals surface area contributed by atoms with Gasteiger partial charge in [0.25, 0.3) is 0 Å². The Hall–Kier alpha value is -6.05. The van der Waals surface area contributed by atoms with Gasteiger partial charge in [0.15, 0.2) is 0 Å². The van der Waals surface area contributed by atoms with Crippen molar-refractivity contribution in [2.24, 2.45) is 0 Å². The van der Waals surface area contributed by atoms with Gasteiger partial charge in [-0.1, -0.05) is 141 Å². The molecule has 0 radical (unpaired) electrons. The van der Waals surface area contributed by atoms with Crippen molar-refractivity contribution in [1.29, 1.82) is 0 Å². The summed E-state index contributed by atoms with van der Waals surface area (Å²) in [5.74, 6) is 11.6. The normalized spacial score (nSPS) is 20.3. The van der Waals surface area contributed by atoms with Crippen molar-refractivity contribution >= 4 is 53.5 Å². The lowest BCUT2D eigenvalue weighted by Crippen LogP contribution is -2.67. The third kappa shape index (κ3) is 30.0. The first-order valence-corrected chi connectivity index (χ1v) is 54.0. The number of hydroxylamine groups is 10. The summed E-state index contributed by atoms with van der Waals surface area (Å²) in [4.78, 5) is 112. The predicted molar refractivity (Wildman–Crippen MR) is 563 cm³/mol. The molecule has 8 rings (SSSR count). The molecular weight excluding hydrogens is 1690 g/mol. The van der Waals surface area contributed by atoms with Gasteiger partial charge in [-0.25, -0.2) is 0 Å². The Balaban J connectivity index is 1.66. The molecule has 5 aliphatic rings. The van der Waals surface area contributed by atoms with E-state index in [1.807, 2.05) is 0 Å². The van der Waals surface area contributed by atoms with Crippen LogP contribution in [0.2, 0.25) is 0 Å². The van der Waals surface area contributed by atoms with E-state index in [2.05, 4.69) is 316 Å². The minimum atomic E-state index is -0.542. The van der Waals surface area contributed by atoms with E-state index >= 15 is 0 Å². The molecule has 0 unspecified atom stereocenters. The zero-order chi connectivity index (χ0) is 99.7. The van der Waals surface area contributed by atoms with Crippen LogP contribution in [0.5, 0.6) is 0 Å². The monoisotopic (exact) mass is 1880 g/mol. The van der Waals surface area contributed by atoms with Crippen LogP contribution >= 0.6 is 0 Å². The van der Waals surface area contributed by atoms with E-state index < -0.39 is 55.4 Å². The molecule has 0 aliphatic carbocycles. The van der Waals surface area contributed by atoms with Crippen LogP contribution in [0, 0.1) is 24.3 Å². The van der Waals surface area contributed by atoms with Gasteiger partial charge >= 0.3 is 0 Å². The molecule has 0 saturated carbocycles. The predicted octanol–water partition coefficient (Wildman–Crippen LogP) is 22.6. The van der Waals surface area contributed by atoms with E-state index in [0.717, 1.165) is 187 Å². The highest BCUT2D eigenvalue weighted by Crippen LogP contribution is 2.50. The number of unbranched alkanes of at least 4 members (excludes halogenated alkanes) is 8. The molecule has 3 aromatic heterocycles. The van der Waals surface area contributed by atoms with Crippen molar-refractivity contribution in [3.63, 3.8) is 0 Å². The number of piperidine rings is 5. The summed E-state index contributed by atoms with van der Waals surface area (Å²) in [5, 5.41) is 11.5. The Bertz CT molecular complexity index is 3710. The highest BCUT2D eigenvalue weighted by Gasteiger charge is 2.57. The van der Waals surface area contributed by atoms with Crippen molar-refractivity contribution < 1.29 is 24.2 Å². The second-order valence-electron chi connectivity index (χ2n) is 46.5. The minimum absolute atomic E-state index is 0.185. The molecule has 8 heterocycles. The van der Waals surface area contributed by atoms with Gasteiger partial charge in [-0.2, -0.15) is 70.2 Å². The van der Waals surface area contributed by atoms with Gasteiger partial charge in [-0.05, 0) is 292 Å². The van der Waals surface area contributed by atoms with Crippen LogP contribution in [0.1, 0.15) is 428 Å². The van der Waals surface area contributed by atoms with Gasteiger partial charge in [0.1, 0.15) is 0 Å². The summed E-state index contributed by atoms with van der Waals surface area (Å²) in [5.41, 5.74) is -5.12. The third-order valence-corrected chi connectivity index (χ3v) is 28.4. The number of hydrogen-bond donors (Lipinski definition) is 0. The lowest BCUT2D eigenvalue weighted by atomic mass is 9.77. The van der Waals surface area contributed by atoms with Crippen LogP contribution < -0.4 is 44.1 Å². The molecular formula is C107H197N23O5. The molecule has 0 bridgehead atoms. The molecule has 28 nitrogen and oxygen atoms in total. The molecule has 5 fully saturated rings. The second kappa shape index (κ2) is 51.1. The maximum Gasteiger partial charge on any atom is 0.244 e. The Labute approximate surface area is 823 Å². The highest BCUT2D eigenvalue weighted by atomic mass is 16.7. The van der Waals surface area contributed by atoms with Crippen molar-refractivity contribution in [3.05, 3.63) is 0 Å². The topological polar surface area (TPSA) is 208 Å². The Morgan fingerprint density at radius 3 is 0.578 bits per heavy atom. The van der Waals surface area contributed by atoms with E-state index in [9.17, 15) is 0 Å². The molecule has 3 aromatic rings. The van der Waals surface area contributed by atoms with Crippen molar-refractivity contribution in [3.8, 4) is 24.3 Å². The Morgan fingerprint density at radius 1 is 0.244 bits per heavy atom. The first-order valence-electron chi connectivity index (χ1n) is 54.0. The van der Waals surface area contributed by atoms with E-state index in [1.54, 1.807) is 0 Å². The van der Waals surface area contributed by atoms with Gasteiger partial charge in [0, 0.05) is 150 Å². The van der Waals surface area contributed by atoms with Crippen LogP contribution in [-0.4, -0.2) is 255 Å². The average molecular weight is 1890 g/mol. The minimum Gasteiger partial charge on any atom is -0.341 e. The molecule has 5 aliphatic heterocycles. The standard InChI is InChI=1S/C107H197N23O5/c1-35-49-58-117(59-50-36-2)89-108-90(118(60-51-37-3)61-52-38-4)111-94(110-89)122(85-74-100(19,20)127(132-68-45-11)101(21,22)75-85)82-124(87-78-104(27,28)129(134-70-47-13)105(29,30)79-87)96-114-93(121(66-57-43-9)84-72-98(15,16)126(131-67-44-10)99(17,18)73-84)115-97(116-96)125(88-80-106(31,32)130(135-71-48-14)107(33,34)81-88)83-123(86-76-102(23,24)128(133-69-46-12)103(25,26)77-86)95-112-91(119(62-53-39-5)63-54-40-6)109-92(113-95)120(64-55-41-7)65-56-42-8/h9,84-88H,35-42,44-56,58-65,67-83H2,1-8,10-34H3. The number of hydrogen-bond acceptors (Lipinski definition) is 28. The Kier molecular flexibility index (Phi) is 43.2. The molecule has 5 saturated heterocycles. The summed E-state index contributed by atoms with van der Waals surface area (Å²) in [6, 6.07) is 2.50. The molecule has 0 N–H and O–H groups in total. The molecule has 770 valence electrons. The van der Waals surface area contributed by atoms with Crippen molar-refractivity contribution in [2.75, 3.05) is 143 Å². The average Bonchev–Trinajstić information content (AvgIpc) is 0.750. The smallest absolute Gasteiger partial charge is 0.244 e. The third-order valence-electron chi connectivity index (χ3n) is 28.4. The van der Waals surface area contributed by atoms with Gasteiger partial charge in [0.05, 0.1) is 46.4 Å². The molecule has 28 heteroatoms. The molecule has 135 heavy (non-hydrogen) atoms. The summed E-state index contributed by atoms with van der Waals surface area (Å²) >= 11 is 0. The van der Waals surface area contributed by atoms with Gasteiger partial charge in [0.2, 0.25) is 53.5 Å². The maximum absolute atomic E-state index is 7.10. The van der Waals surface area contributed by atoms with Crippen LogP contribution in [0.15, 0.2) is 0 Å². The van der Waals surface area contributed by atoms with Gasteiger partial charge < -0.3 is 39.2 Å². The highest BCUT2D eigenvalue weighted by molar-refractivity contribution is 5.57. The summed E-state index contributed by atoms with van der Waals surface area (Å²) in [7, 11) is 0. The maximum atomic E-state index is 7.10. The van der Waals surface area contributed by atoms with Gasteiger partial charge in [-0.15, -0.1) is 6.42 Å². The lowest BCUT2D eigenvalue weighted by molar-refractivity contribution is -0.283. The fraction of sp³-hybridized carbons (Fsp3) is 0.879. The van der Waals surface area contributed by atoms with Crippen LogP contribution in [0.4, 0.5) is 53.5 Å². The SMILES string of the molecule is C#CC#CN(c1nc(N(CN(c2nc(N(CCCC)CCCC)nc(N(CCCC)CCCC)n2)C2CC(C)(C)N(OCCC)C(C)(C)C2)C2CC(C)(C)N(OCCC)C(C)(C)C2)nc(N(CN(c2nc(N(CCCC)CCCC)nc(N(CCCC)CCCC)n2)C2CC(C)(C)N(OCCC)C(C)(C)C2)C2CC(C)(C)N(OCCC)C(C)(C)C2)n1)C1CC(C)(C)N(OCCC)C(C)(C)C1. The first-order chi connectivity index (χ1) is 63.8. The van der Waals surface area contributed by atoms with Crippen LogP contribution in [-0.2, 0) is 24.2 Å². The van der Waals surface area contributed by atoms with E-state index in [1.165, 1.54) is 0 Å². The van der Waals surface area contributed by atoms with Crippen molar-refractivity contribution in [1.82, 2.24) is 70.2 Å². The summed E-state index contributed by atoms with van der Waals surface area (Å²) in [6.45, 7) is 86.5. The lowest BCUT2D eigenvalue weighted by Gasteiger charge is -2.58. The summed E-state index contributed by atoms with van der Waals surface area (Å²) < 4.78 is 0. The van der Waals surface area contributed by atoms with E-state index in [4.69, 9.17) is 75.5 Å². The number of anilines is 9. The second-order valence-corrected chi connectivity index (χ2v) is 46.5. The molecule has 0 amide bonds. The van der Waals surface area contributed by atoms with Gasteiger partial charge in [-0.3, -0.25) is 29.1 Å². The number of terminal acetylenes is 1. The molecule has 0 spiro atoms. The number of aromatic nitrogens is 9. The fourth-order valence-corrected chi connectivity index (χ4v) is 23.1. The molecule has 0 aromatic carbocycles. The van der Waals surface area contributed by atoms with E-state index in [0.29, 0.717) is 151 Å². The fourth-order valence-electron chi connectivity index (χ4n) is 23.1. The quantitative estimate of drug-likeness (QED) is 0.0292. The molecule has 0 atom stereocenters. The van der Waals surface area contributed by atoms with E-state index in [-0.39, 0.29) is 43.5 Å². The first kappa shape index (κ1) is 114. The Morgan fingerprint density at radius 2 is 0.407 bits per heavy atom. The zero-order valence-corrected chi connectivity index (χ0v) is 92.3. The van der Waals surface area contributed by atoms with Crippen LogP contribution in [0.3, 0.4) is 0 Å². The number of nitrogens with zero attached hydrogens (tertiary/aromatic N) is 23. The summed E-state index contributed by atoms with van der Waals surface area (Å²) in [6.07, 6.45) is 33.9. The van der Waals surface area contributed by atoms with Crippen LogP contribution in [0.25, 0.3) is 0 Å². The largest absolute Gasteiger partial charge is 0.341 e. The number of rotatable bonds is 57. The zero-order valence-electron chi connectivity index (χ0n) is 92.3. The van der Waals surface area contributed by atoms with Crippen molar-refractivity contribution in [2.45, 2.75) is 513 Å².